The minimum absolute atomic E-state index is 0.204. The summed E-state index contributed by atoms with van der Waals surface area (Å²) in [5.74, 6) is 0.908. The largest absolute Gasteiger partial charge is 0.464 e. The number of hydrogen-bond donors (Lipinski definition) is 1. The summed E-state index contributed by atoms with van der Waals surface area (Å²) in [6, 6.07) is 1.75. The van der Waals surface area contributed by atoms with Crippen LogP contribution in [0.5, 0.6) is 0 Å². The van der Waals surface area contributed by atoms with Gasteiger partial charge >= 0.3 is 0 Å². The lowest BCUT2D eigenvalue weighted by molar-refractivity contribution is 0.159. The lowest BCUT2D eigenvalue weighted by atomic mass is 10.2. The lowest BCUT2D eigenvalue weighted by Crippen LogP contribution is -2.51. The highest BCUT2D eigenvalue weighted by Gasteiger charge is 2.33. The van der Waals surface area contributed by atoms with E-state index in [0.717, 1.165) is 6.54 Å². The van der Waals surface area contributed by atoms with Crippen molar-refractivity contribution in [2.45, 2.75) is 31.3 Å². The van der Waals surface area contributed by atoms with Gasteiger partial charge in [-0.25, -0.2) is 8.42 Å². The van der Waals surface area contributed by atoms with Gasteiger partial charge in [-0.3, -0.25) is 0 Å². The molecule has 1 aromatic rings. The Balaban J connectivity index is 2.29. The fraction of sp³-hybridized carbons (Fsp3) is 0.667. The van der Waals surface area contributed by atoms with E-state index in [-0.39, 0.29) is 17.5 Å². The highest BCUT2D eigenvalue weighted by molar-refractivity contribution is 7.89. The van der Waals surface area contributed by atoms with Crippen LogP contribution in [0, 0.1) is 6.92 Å². The zero-order valence-corrected chi connectivity index (χ0v) is 12.4. The summed E-state index contributed by atoms with van der Waals surface area (Å²) in [5, 5.41) is 0. The maximum atomic E-state index is 12.6. The summed E-state index contributed by atoms with van der Waals surface area (Å²) < 4.78 is 32.1. The number of nitrogens with two attached hydrogens (primary N) is 1. The molecule has 0 saturated carbocycles. The Morgan fingerprint density at radius 2 is 2.16 bits per heavy atom. The second-order valence-corrected chi connectivity index (χ2v) is 6.94. The molecule has 2 heterocycles. The molecule has 0 aliphatic carbocycles. The average molecular weight is 287 g/mol. The van der Waals surface area contributed by atoms with Crippen LogP contribution < -0.4 is 5.73 Å². The van der Waals surface area contributed by atoms with Gasteiger partial charge in [0.05, 0.1) is 6.54 Å². The maximum absolute atomic E-state index is 12.6. The van der Waals surface area contributed by atoms with Crippen LogP contribution >= 0.6 is 0 Å². The van der Waals surface area contributed by atoms with Crippen molar-refractivity contribution in [3.05, 3.63) is 17.6 Å². The standard InChI is InChI=1S/C12H21N3O3S/c1-9-8-15(5-4-14(9)3)19(16,17)12-6-11(7-13)18-10(12)2/h6,9H,4-5,7-8,13H2,1-3H3. The molecule has 1 aliphatic rings. The topological polar surface area (TPSA) is 79.8 Å². The Labute approximate surface area is 114 Å². The van der Waals surface area contributed by atoms with E-state index in [0.29, 0.717) is 24.6 Å². The molecule has 1 atom stereocenters. The van der Waals surface area contributed by atoms with Gasteiger partial charge in [-0.15, -0.1) is 0 Å². The van der Waals surface area contributed by atoms with Crippen molar-refractivity contribution in [1.82, 2.24) is 9.21 Å². The second kappa shape index (κ2) is 5.24. The second-order valence-electron chi connectivity index (χ2n) is 5.03. The summed E-state index contributed by atoms with van der Waals surface area (Å²) >= 11 is 0. The van der Waals surface area contributed by atoms with Gasteiger partial charge in [0.15, 0.2) is 0 Å². The molecule has 7 heteroatoms. The van der Waals surface area contributed by atoms with Crippen LogP contribution in [0.25, 0.3) is 0 Å². The molecule has 0 bridgehead atoms. The molecule has 0 amide bonds. The first-order chi connectivity index (χ1) is 8.86. The number of aryl methyl sites for hydroxylation is 1. The molecule has 2 N–H and O–H groups in total. The summed E-state index contributed by atoms with van der Waals surface area (Å²) in [6.45, 7) is 5.63. The molecule has 1 unspecified atom stereocenters. The minimum Gasteiger partial charge on any atom is -0.464 e. The molecule has 1 aromatic heterocycles. The van der Waals surface area contributed by atoms with Crippen molar-refractivity contribution < 1.29 is 12.8 Å². The number of furan rings is 1. The third-order valence-corrected chi connectivity index (χ3v) is 5.64. The SMILES string of the molecule is Cc1oc(CN)cc1S(=O)(=O)N1CCN(C)C(C)C1. The van der Waals surface area contributed by atoms with Crippen LogP contribution in [-0.2, 0) is 16.6 Å². The third kappa shape index (κ3) is 2.69. The number of hydrogen-bond acceptors (Lipinski definition) is 5. The van der Waals surface area contributed by atoms with Gasteiger partial charge in [0.25, 0.3) is 0 Å². The molecule has 1 saturated heterocycles. The lowest BCUT2D eigenvalue weighted by Gasteiger charge is -2.36. The Morgan fingerprint density at radius 3 is 2.68 bits per heavy atom. The Morgan fingerprint density at radius 1 is 1.47 bits per heavy atom. The number of likely N-dealkylation sites (N-methyl/N-ethyl adjacent to an activating group) is 1. The minimum atomic E-state index is -3.48. The molecule has 0 radical (unpaired) electrons. The molecule has 0 aromatic carbocycles. The fourth-order valence-corrected chi connectivity index (χ4v) is 3.95. The normalized spacial score (nSPS) is 22.8. The highest BCUT2D eigenvalue weighted by Crippen LogP contribution is 2.25. The van der Waals surface area contributed by atoms with E-state index < -0.39 is 10.0 Å². The van der Waals surface area contributed by atoms with E-state index in [1.54, 1.807) is 6.92 Å². The van der Waals surface area contributed by atoms with Gasteiger partial charge in [0, 0.05) is 31.7 Å². The Bertz CT molecular complexity index is 553. The predicted molar refractivity (Wildman–Crippen MR) is 72.2 cm³/mol. The first-order valence-electron chi connectivity index (χ1n) is 6.36. The van der Waals surface area contributed by atoms with Crippen molar-refractivity contribution in [2.75, 3.05) is 26.7 Å². The summed E-state index contributed by atoms with van der Waals surface area (Å²) in [5.41, 5.74) is 5.49. The van der Waals surface area contributed by atoms with Crippen LogP contribution in [0.3, 0.4) is 0 Å². The molecular formula is C12H21N3O3S. The third-order valence-electron chi connectivity index (χ3n) is 3.66. The maximum Gasteiger partial charge on any atom is 0.246 e. The van der Waals surface area contributed by atoms with Gasteiger partial charge in [0.1, 0.15) is 16.4 Å². The van der Waals surface area contributed by atoms with Gasteiger partial charge in [-0.1, -0.05) is 0 Å². The summed E-state index contributed by atoms with van der Waals surface area (Å²) in [4.78, 5) is 2.39. The predicted octanol–water partition coefficient (Wildman–Crippen LogP) is 0.371. The number of piperazine rings is 1. The molecule has 0 spiro atoms. The number of rotatable bonds is 3. The average Bonchev–Trinajstić information content (AvgIpc) is 2.74. The van der Waals surface area contributed by atoms with Gasteiger partial charge < -0.3 is 15.1 Å². The molecule has 1 fully saturated rings. The van der Waals surface area contributed by atoms with E-state index in [1.807, 2.05) is 14.0 Å². The first kappa shape index (κ1) is 14.5. The quantitative estimate of drug-likeness (QED) is 0.869. The van der Waals surface area contributed by atoms with Gasteiger partial charge in [0.2, 0.25) is 10.0 Å². The highest BCUT2D eigenvalue weighted by atomic mass is 32.2. The summed E-state index contributed by atoms with van der Waals surface area (Å²) in [6.07, 6.45) is 0. The zero-order valence-electron chi connectivity index (χ0n) is 11.6. The van der Waals surface area contributed by atoms with Gasteiger partial charge in [-0.2, -0.15) is 4.31 Å². The molecule has 1 aliphatic heterocycles. The van der Waals surface area contributed by atoms with E-state index in [9.17, 15) is 8.42 Å². The fourth-order valence-electron chi connectivity index (χ4n) is 2.25. The first-order valence-corrected chi connectivity index (χ1v) is 7.80. The Hall–Kier alpha value is -0.890. The van der Waals surface area contributed by atoms with Crippen molar-refractivity contribution in [2.24, 2.45) is 5.73 Å². The van der Waals surface area contributed by atoms with Crippen LogP contribution in [0.2, 0.25) is 0 Å². The van der Waals surface area contributed by atoms with Crippen LogP contribution in [0.15, 0.2) is 15.4 Å². The van der Waals surface area contributed by atoms with E-state index in [1.165, 1.54) is 10.4 Å². The van der Waals surface area contributed by atoms with Crippen LogP contribution in [-0.4, -0.2) is 50.3 Å². The van der Waals surface area contributed by atoms with Crippen molar-refractivity contribution in [3.63, 3.8) is 0 Å². The smallest absolute Gasteiger partial charge is 0.246 e. The molecule has 6 nitrogen and oxygen atoms in total. The molecule has 2 rings (SSSR count). The monoisotopic (exact) mass is 287 g/mol. The zero-order chi connectivity index (χ0) is 14.2. The van der Waals surface area contributed by atoms with Gasteiger partial charge in [-0.05, 0) is 20.9 Å². The summed E-state index contributed by atoms with van der Waals surface area (Å²) in [7, 11) is -1.48. The number of nitrogens with zero attached hydrogens (tertiary/aromatic N) is 2. The molecule has 19 heavy (non-hydrogen) atoms. The van der Waals surface area contributed by atoms with E-state index >= 15 is 0 Å². The van der Waals surface area contributed by atoms with Crippen LogP contribution in [0.4, 0.5) is 0 Å². The van der Waals surface area contributed by atoms with Crippen molar-refractivity contribution in [1.29, 1.82) is 0 Å². The molecule has 108 valence electrons. The number of sulfonamides is 1. The van der Waals surface area contributed by atoms with Crippen molar-refractivity contribution >= 4 is 10.0 Å². The van der Waals surface area contributed by atoms with Crippen molar-refractivity contribution in [3.8, 4) is 0 Å². The van der Waals surface area contributed by atoms with E-state index in [2.05, 4.69) is 4.90 Å². The van der Waals surface area contributed by atoms with Crippen LogP contribution in [0.1, 0.15) is 18.4 Å². The molecular weight excluding hydrogens is 266 g/mol. The van der Waals surface area contributed by atoms with E-state index in [4.69, 9.17) is 10.2 Å². The Kier molecular flexibility index (Phi) is 4.00.